The van der Waals surface area contributed by atoms with Gasteiger partial charge < -0.3 is 5.11 Å². The highest BCUT2D eigenvalue weighted by Gasteiger charge is 2.33. The molecule has 4 heteroatoms. The molecule has 2 atom stereocenters. The van der Waals surface area contributed by atoms with E-state index in [1.54, 1.807) is 11.8 Å². The lowest BCUT2D eigenvalue weighted by atomic mass is 9.94. The molecule has 0 aromatic heterocycles. The van der Waals surface area contributed by atoms with Crippen LogP contribution in [0, 0.1) is 11.7 Å². The van der Waals surface area contributed by atoms with Crippen LogP contribution in [-0.4, -0.2) is 10.4 Å². The molecule has 1 N–H and O–H groups in total. The average molecular weight is 261 g/mol. The molecule has 1 aromatic rings. The lowest BCUT2D eigenvalue weighted by Gasteiger charge is -2.33. The molecule has 0 amide bonds. The van der Waals surface area contributed by atoms with Crippen molar-refractivity contribution in [2.24, 2.45) is 5.92 Å². The maximum atomic E-state index is 13.6. The molecule has 88 valence electrons. The largest absolute Gasteiger partial charge is 0.387 e. The molecule has 1 aromatic carbocycles. The van der Waals surface area contributed by atoms with Gasteiger partial charge in [-0.2, -0.15) is 11.8 Å². The minimum Gasteiger partial charge on any atom is -0.387 e. The van der Waals surface area contributed by atoms with E-state index in [4.69, 9.17) is 11.6 Å². The first-order chi connectivity index (χ1) is 7.52. The van der Waals surface area contributed by atoms with Crippen LogP contribution in [-0.2, 0) is 5.75 Å². The highest BCUT2D eigenvalue weighted by molar-refractivity contribution is 7.99. The van der Waals surface area contributed by atoms with E-state index in [0.29, 0.717) is 27.8 Å². The van der Waals surface area contributed by atoms with Gasteiger partial charge in [0.1, 0.15) is 5.82 Å². The van der Waals surface area contributed by atoms with E-state index >= 15 is 0 Å². The minimum atomic E-state index is -0.669. The van der Waals surface area contributed by atoms with Crippen molar-refractivity contribution < 1.29 is 9.50 Å². The molecule has 0 aliphatic carbocycles. The maximum Gasteiger partial charge on any atom is 0.127 e. The third-order valence-electron chi connectivity index (χ3n) is 2.93. The van der Waals surface area contributed by atoms with Gasteiger partial charge in [0.2, 0.25) is 0 Å². The van der Waals surface area contributed by atoms with Crippen molar-refractivity contribution in [2.75, 3.05) is 0 Å². The van der Waals surface area contributed by atoms with Crippen molar-refractivity contribution >= 4 is 23.4 Å². The lowest BCUT2D eigenvalue weighted by molar-refractivity contribution is 0.155. The van der Waals surface area contributed by atoms with Crippen molar-refractivity contribution in [3.8, 4) is 0 Å². The number of hydrogen-bond donors (Lipinski definition) is 1. The summed E-state index contributed by atoms with van der Waals surface area (Å²) in [6.45, 7) is 4.11. The Morgan fingerprint density at radius 2 is 2.19 bits per heavy atom. The number of rotatable bonds is 1. The number of thioether (sulfide) groups is 1. The third kappa shape index (κ3) is 1.96. The molecule has 0 bridgehead atoms. The molecular weight excluding hydrogens is 247 g/mol. The normalized spacial score (nSPS) is 24.6. The van der Waals surface area contributed by atoms with E-state index in [0.717, 1.165) is 0 Å². The average Bonchev–Trinajstić information content (AvgIpc) is 2.23. The summed E-state index contributed by atoms with van der Waals surface area (Å²) in [5, 5.41) is 10.8. The minimum absolute atomic E-state index is 0.0896. The number of halogens is 2. The van der Waals surface area contributed by atoms with Crippen molar-refractivity contribution in [2.45, 2.75) is 31.0 Å². The molecule has 2 rings (SSSR count). The van der Waals surface area contributed by atoms with Crippen LogP contribution < -0.4 is 0 Å². The second kappa shape index (κ2) is 4.55. The van der Waals surface area contributed by atoms with Crippen LogP contribution in [0.15, 0.2) is 12.1 Å². The van der Waals surface area contributed by atoms with E-state index in [1.807, 2.05) is 0 Å². The topological polar surface area (TPSA) is 20.2 Å². The summed E-state index contributed by atoms with van der Waals surface area (Å²) in [6.07, 6.45) is -0.669. The monoisotopic (exact) mass is 260 g/mol. The summed E-state index contributed by atoms with van der Waals surface area (Å²) in [6, 6.07) is 2.89. The second-order valence-corrected chi connectivity index (χ2v) is 5.96. The molecule has 1 heterocycles. The number of hydrogen-bond acceptors (Lipinski definition) is 2. The molecule has 1 aliphatic heterocycles. The van der Waals surface area contributed by atoms with Crippen LogP contribution in [0.4, 0.5) is 4.39 Å². The number of fused-ring (bicyclic) bond motifs is 1. The third-order valence-corrected chi connectivity index (χ3v) is 4.90. The Labute approximate surface area is 104 Å². The summed E-state index contributed by atoms with van der Waals surface area (Å²) >= 11 is 7.64. The summed E-state index contributed by atoms with van der Waals surface area (Å²) in [7, 11) is 0. The second-order valence-electron chi connectivity index (χ2n) is 4.39. The SMILES string of the molecule is CC(C)C1SCc2c(F)ccc(Cl)c2C1O. The first-order valence-electron chi connectivity index (χ1n) is 5.28. The van der Waals surface area contributed by atoms with Gasteiger partial charge in [0.25, 0.3) is 0 Å². The number of aliphatic hydroxyl groups is 1. The Hall–Kier alpha value is -0.250. The van der Waals surface area contributed by atoms with Gasteiger partial charge in [-0.15, -0.1) is 0 Å². The maximum absolute atomic E-state index is 13.6. The quantitative estimate of drug-likeness (QED) is 0.829. The molecule has 16 heavy (non-hydrogen) atoms. The Bertz CT molecular complexity index is 408. The van der Waals surface area contributed by atoms with E-state index in [9.17, 15) is 9.50 Å². The lowest BCUT2D eigenvalue weighted by Crippen LogP contribution is -2.26. The van der Waals surface area contributed by atoms with Gasteiger partial charge in [-0.3, -0.25) is 0 Å². The molecule has 0 spiro atoms. The van der Waals surface area contributed by atoms with Crippen LogP contribution in [0.3, 0.4) is 0 Å². The summed E-state index contributed by atoms with van der Waals surface area (Å²) < 4.78 is 13.6. The zero-order valence-electron chi connectivity index (χ0n) is 9.21. The molecule has 2 unspecified atom stereocenters. The van der Waals surface area contributed by atoms with Crippen LogP contribution in [0.5, 0.6) is 0 Å². The molecular formula is C12H14ClFOS. The Balaban J connectivity index is 2.48. The van der Waals surface area contributed by atoms with Crippen LogP contribution in [0.2, 0.25) is 5.02 Å². The van der Waals surface area contributed by atoms with Gasteiger partial charge >= 0.3 is 0 Å². The van der Waals surface area contributed by atoms with Crippen LogP contribution in [0.1, 0.15) is 31.1 Å². The van der Waals surface area contributed by atoms with Gasteiger partial charge in [-0.05, 0) is 18.1 Å². The van der Waals surface area contributed by atoms with Gasteiger partial charge in [0.05, 0.1) is 6.10 Å². The van der Waals surface area contributed by atoms with Crippen molar-refractivity contribution in [1.82, 2.24) is 0 Å². The van der Waals surface area contributed by atoms with Crippen molar-refractivity contribution in [3.63, 3.8) is 0 Å². The Morgan fingerprint density at radius 3 is 2.81 bits per heavy atom. The van der Waals surface area contributed by atoms with Gasteiger partial charge in [-0.25, -0.2) is 4.39 Å². The van der Waals surface area contributed by atoms with Gasteiger partial charge in [0.15, 0.2) is 0 Å². The Morgan fingerprint density at radius 1 is 1.50 bits per heavy atom. The fraction of sp³-hybridized carbons (Fsp3) is 0.500. The smallest absolute Gasteiger partial charge is 0.127 e. The van der Waals surface area contributed by atoms with E-state index in [-0.39, 0.29) is 11.1 Å². The summed E-state index contributed by atoms with van der Waals surface area (Å²) in [5.74, 6) is 0.655. The van der Waals surface area contributed by atoms with Crippen LogP contribution in [0.25, 0.3) is 0 Å². The van der Waals surface area contributed by atoms with E-state index in [1.165, 1.54) is 12.1 Å². The Kier molecular flexibility index (Phi) is 3.48. The predicted octanol–water partition coefficient (Wildman–Crippen LogP) is 3.78. The van der Waals surface area contributed by atoms with E-state index in [2.05, 4.69) is 13.8 Å². The molecule has 0 radical (unpaired) electrons. The fourth-order valence-electron chi connectivity index (χ4n) is 2.07. The van der Waals surface area contributed by atoms with Gasteiger partial charge in [0, 0.05) is 27.2 Å². The molecule has 0 fully saturated rings. The molecule has 1 aliphatic rings. The zero-order chi connectivity index (χ0) is 11.9. The van der Waals surface area contributed by atoms with Crippen LogP contribution >= 0.6 is 23.4 Å². The predicted molar refractivity (Wildman–Crippen MR) is 66.3 cm³/mol. The van der Waals surface area contributed by atoms with Gasteiger partial charge in [-0.1, -0.05) is 25.4 Å². The first kappa shape index (κ1) is 12.2. The summed E-state index contributed by atoms with van der Waals surface area (Å²) in [4.78, 5) is 0. The number of benzene rings is 1. The molecule has 0 saturated carbocycles. The number of aliphatic hydroxyl groups excluding tert-OH is 1. The molecule has 0 saturated heterocycles. The van der Waals surface area contributed by atoms with E-state index < -0.39 is 6.10 Å². The standard InChI is InChI=1S/C12H14ClFOS/c1-6(2)12-11(15)10-7(5-16-12)9(14)4-3-8(10)13/h3-4,6,11-12,15H,5H2,1-2H3. The fourth-order valence-corrected chi connectivity index (χ4v) is 3.71. The summed E-state index contributed by atoms with van der Waals surface area (Å²) in [5.41, 5.74) is 1.14. The van der Waals surface area contributed by atoms with Crippen molar-refractivity contribution in [1.29, 1.82) is 0 Å². The zero-order valence-corrected chi connectivity index (χ0v) is 10.8. The van der Waals surface area contributed by atoms with Crippen molar-refractivity contribution in [3.05, 3.63) is 34.1 Å². The molecule has 1 nitrogen and oxygen atoms in total. The first-order valence-corrected chi connectivity index (χ1v) is 6.71. The highest BCUT2D eigenvalue weighted by Crippen LogP contribution is 2.44. The highest BCUT2D eigenvalue weighted by atomic mass is 35.5.